The van der Waals surface area contributed by atoms with Gasteiger partial charge in [-0.25, -0.2) is 4.39 Å². The molecule has 0 aliphatic carbocycles. The van der Waals surface area contributed by atoms with E-state index in [2.05, 4.69) is 6.58 Å². The van der Waals surface area contributed by atoms with E-state index in [-0.39, 0.29) is 30.0 Å². The zero-order valence-electron chi connectivity index (χ0n) is 7.87. The summed E-state index contributed by atoms with van der Waals surface area (Å²) in [5.41, 5.74) is 6.46. The van der Waals surface area contributed by atoms with Gasteiger partial charge in [0.25, 0.3) is 0 Å². The maximum absolute atomic E-state index is 12.9. The van der Waals surface area contributed by atoms with Gasteiger partial charge >= 0.3 is 0 Å². The zero-order valence-corrected chi connectivity index (χ0v) is 8.68. The van der Waals surface area contributed by atoms with Crippen LogP contribution in [0.1, 0.15) is 11.6 Å². The van der Waals surface area contributed by atoms with Crippen molar-refractivity contribution in [3.8, 4) is 5.75 Å². The van der Waals surface area contributed by atoms with Gasteiger partial charge < -0.3 is 10.5 Å². The van der Waals surface area contributed by atoms with Crippen molar-refractivity contribution in [2.75, 3.05) is 7.11 Å². The Labute approximate surface area is 89.0 Å². The van der Waals surface area contributed by atoms with Crippen molar-refractivity contribution in [1.82, 2.24) is 0 Å². The van der Waals surface area contributed by atoms with Crippen molar-refractivity contribution >= 4 is 12.4 Å². The summed E-state index contributed by atoms with van der Waals surface area (Å²) in [5, 5.41) is 0. The van der Waals surface area contributed by atoms with Gasteiger partial charge in [-0.05, 0) is 17.7 Å². The normalized spacial score (nSPS) is 11.4. The number of benzene rings is 1. The first-order valence-electron chi connectivity index (χ1n) is 3.90. The molecule has 0 spiro atoms. The lowest BCUT2D eigenvalue weighted by molar-refractivity contribution is 0.385. The molecule has 1 rings (SSSR count). The summed E-state index contributed by atoms with van der Waals surface area (Å²) < 4.78 is 17.8. The first kappa shape index (κ1) is 12.9. The molecule has 14 heavy (non-hydrogen) atoms. The van der Waals surface area contributed by atoms with Crippen LogP contribution in [0.4, 0.5) is 4.39 Å². The smallest absolute Gasteiger partial charge is 0.165 e. The van der Waals surface area contributed by atoms with Crippen LogP contribution in [-0.2, 0) is 0 Å². The van der Waals surface area contributed by atoms with Crippen molar-refractivity contribution in [1.29, 1.82) is 0 Å². The Morgan fingerprint density at radius 1 is 1.57 bits per heavy atom. The van der Waals surface area contributed by atoms with Crippen LogP contribution in [0.5, 0.6) is 5.75 Å². The van der Waals surface area contributed by atoms with E-state index >= 15 is 0 Å². The number of hydrogen-bond donors (Lipinski definition) is 1. The lowest BCUT2D eigenvalue weighted by Gasteiger charge is -2.08. The second-order valence-corrected chi connectivity index (χ2v) is 2.66. The Bertz CT molecular complexity index is 317. The maximum Gasteiger partial charge on any atom is 0.165 e. The SMILES string of the molecule is C=C[C@@H](N)c1ccc(F)c(OC)c1.Cl. The molecule has 2 nitrogen and oxygen atoms in total. The van der Waals surface area contributed by atoms with Crippen LogP contribution in [0, 0.1) is 5.82 Å². The Morgan fingerprint density at radius 3 is 2.71 bits per heavy atom. The van der Waals surface area contributed by atoms with E-state index in [4.69, 9.17) is 10.5 Å². The second-order valence-electron chi connectivity index (χ2n) is 2.66. The summed E-state index contributed by atoms with van der Waals surface area (Å²) in [6.07, 6.45) is 1.59. The standard InChI is InChI=1S/C10H12FNO.ClH/c1-3-9(12)7-4-5-8(11)10(6-7)13-2;/h3-6,9H,1,12H2,2H3;1H/t9-;/m1./s1. The molecule has 78 valence electrons. The molecule has 1 aromatic carbocycles. The third kappa shape index (κ3) is 2.72. The molecule has 0 aromatic heterocycles. The van der Waals surface area contributed by atoms with E-state index < -0.39 is 0 Å². The Hall–Kier alpha value is -1.06. The van der Waals surface area contributed by atoms with Crippen molar-refractivity contribution in [3.05, 3.63) is 42.2 Å². The fourth-order valence-corrected chi connectivity index (χ4v) is 1.02. The van der Waals surface area contributed by atoms with Crippen LogP contribution in [0.25, 0.3) is 0 Å². The third-order valence-electron chi connectivity index (χ3n) is 1.81. The summed E-state index contributed by atoms with van der Waals surface area (Å²) >= 11 is 0. The zero-order chi connectivity index (χ0) is 9.84. The fraction of sp³-hybridized carbons (Fsp3) is 0.200. The molecule has 0 aliphatic heterocycles. The van der Waals surface area contributed by atoms with Gasteiger partial charge in [-0.1, -0.05) is 12.1 Å². The molecule has 0 saturated carbocycles. The van der Waals surface area contributed by atoms with E-state index in [0.717, 1.165) is 5.56 Å². The average Bonchev–Trinajstić information content (AvgIpc) is 2.17. The average molecular weight is 218 g/mol. The fourth-order valence-electron chi connectivity index (χ4n) is 1.02. The second kappa shape index (κ2) is 5.62. The number of halogens is 2. The summed E-state index contributed by atoms with van der Waals surface area (Å²) in [4.78, 5) is 0. The van der Waals surface area contributed by atoms with Crippen LogP contribution in [0.3, 0.4) is 0 Å². The van der Waals surface area contributed by atoms with Crippen LogP contribution in [0.15, 0.2) is 30.9 Å². The quantitative estimate of drug-likeness (QED) is 0.790. The van der Waals surface area contributed by atoms with Gasteiger partial charge in [0.15, 0.2) is 11.6 Å². The molecule has 0 radical (unpaired) electrons. The lowest BCUT2D eigenvalue weighted by atomic mass is 10.1. The topological polar surface area (TPSA) is 35.2 Å². The highest BCUT2D eigenvalue weighted by atomic mass is 35.5. The largest absolute Gasteiger partial charge is 0.494 e. The Kier molecular flexibility index (Phi) is 5.20. The molecule has 0 aliphatic rings. The first-order valence-corrected chi connectivity index (χ1v) is 3.90. The Balaban J connectivity index is 0.00000169. The summed E-state index contributed by atoms with van der Waals surface area (Å²) in [7, 11) is 1.42. The summed E-state index contributed by atoms with van der Waals surface area (Å²) in [5.74, 6) is -0.183. The number of methoxy groups -OCH3 is 1. The van der Waals surface area contributed by atoms with Gasteiger partial charge in [0.1, 0.15) is 0 Å². The van der Waals surface area contributed by atoms with Gasteiger partial charge in [0, 0.05) is 6.04 Å². The molecule has 0 fully saturated rings. The van der Waals surface area contributed by atoms with Crippen molar-refractivity contribution in [3.63, 3.8) is 0 Å². The van der Waals surface area contributed by atoms with Crippen LogP contribution in [0.2, 0.25) is 0 Å². The molecule has 0 unspecified atom stereocenters. The van der Waals surface area contributed by atoms with Gasteiger partial charge in [-0.2, -0.15) is 0 Å². The molecule has 4 heteroatoms. The van der Waals surface area contributed by atoms with Gasteiger partial charge in [0.2, 0.25) is 0 Å². The maximum atomic E-state index is 12.9. The first-order chi connectivity index (χ1) is 6.19. The Morgan fingerprint density at radius 2 is 2.21 bits per heavy atom. The number of ether oxygens (including phenoxy) is 1. The van der Waals surface area contributed by atoms with Crippen molar-refractivity contribution in [2.45, 2.75) is 6.04 Å². The highest BCUT2D eigenvalue weighted by molar-refractivity contribution is 5.85. The van der Waals surface area contributed by atoms with Crippen LogP contribution in [-0.4, -0.2) is 7.11 Å². The van der Waals surface area contributed by atoms with E-state index in [1.807, 2.05) is 0 Å². The van der Waals surface area contributed by atoms with Crippen LogP contribution >= 0.6 is 12.4 Å². The van der Waals surface area contributed by atoms with E-state index in [0.29, 0.717) is 0 Å². The minimum atomic E-state index is -0.387. The number of hydrogen-bond acceptors (Lipinski definition) is 2. The van der Waals surface area contributed by atoms with Gasteiger partial charge in [-0.3, -0.25) is 0 Å². The highest BCUT2D eigenvalue weighted by Gasteiger charge is 2.06. The molecule has 0 heterocycles. The van der Waals surface area contributed by atoms with Crippen molar-refractivity contribution in [2.24, 2.45) is 5.73 Å². The summed E-state index contributed by atoms with van der Waals surface area (Å²) in [6, 6.07) is 4.23. The molecule has 0 saturated heterocycles. The molecular formula is C10H13ClFNO. The van der Waals surface area contributed by atoms with Crippen LogP contribution < -0.4 is 10.5 Å². The monoisotopic (exact) mass is 217 g/mol. The lowest BCUT2D eigenvalue weighted by Crippen LogP contribution is -2.06. The minimum absolute atomic E-state index is 0. The predicted molar refractivity (Wildman–Crippen MR) is 57.3 cm³/mol. The number of nitrogens with two attached hydrogens (primary N) is 1. The predicted octanol–water partition coefficient (Wildman–Crippen LogP) is 2.44. The van der Waals surface area contributed by atoms with Crippen molar-refractivity contribution < 1.29 is 9.13 Å². The van der Waals surface area contributed by atoms with Gasteiger partial charge in [0.05, 0.1) is 7.11 Å². The molecule has 0 amide bonds. The molecule has 1 atom stereocenters. The molecule has 0 bridgehead atoms. The summed E-state index contributed by atoms with van der Waals surface area (Å²) in [6.45, 7) is 3.56. The number of rotatable bonds is 3. The molecule has 2 N–H and O–H groups in total. The molecule has 1 aromatic rings. The molecular weight excluding hydrogens is 205 g/mol. The highest BCUT2D eigenvalue weighted by Crippen LogP contribution is 2.21. The van der Waals surface area contributed by atoms with E-state index in [9.17, 15) is 4.39 Å². The third-order valence-corrected chi connectivity index (χ3v) is 1.81. The van der Waals surface area contributed by atoms with Gasteiger partial charge in [-0.15, -0.1) is 19.0 Å². The van der Waals surface area contributed by atoms with E-state index in [1.54, 1.807) is 18.2 Å². The van der Waals surface area contributed by atoms with E-state index in [1.165, 1.54) is 13.2 Å². The minimum Gasteiger partial charge on any atom is -0.494 e.